The summed E-state index contributed by atoms with van der Waals surface area (Å²) in [6.07, 6.45) is 5.96. The van der Waals surface area contributed by atoms with Crippen LogP contribution in [0.1, 0.15) is 79.0 Å². The summed E-state index contributed by atoms with van der Waals surface area (Å²) in [7, 11) is 0. The molecule has 14 aromatic rings. The first-order chi connectivity index (χ1) is 40.5. The van der Waals surface area contributed by atoms with Gasteiger partial charge in [0.1, 0.15) is 5.82 Å². The third kappa shape index (κ3) is 8.95. The number of hydrogen-bond acceptors (Lipinski definition) is 2. The van der Waals surface area contributed by atoms with E-state index in [9.17, 15) is 0 Å². The second kappa shape index (κ2) is 20.0. The van der Waals surface area contributed by atoms with Crippen LogP contribution < -0.4 is 9.30 Å². The summed E-state index contributed by atoms with van der Waals surface area (Å²) in [5, 5.41) is 4.61. The van der Waals surface area contributed by atoms with Gasteiger partial charge >= 0.3 is 0 Å². The fourth-order valence-corrected chi connectivity index (χ4v) is 12.8. The van der Waals surface area contributed by atoms with E-state index in [2.05, 4.69) is 293 Å². The van der Waals surface area contributed by atoms with Crippen LogP contribution in [0.5, 0.6) is 11.5 Å². The van der Waals surface area contributed by atoms with Crippen molar-refractivity contribution in [3.8, 4) is 78.9 Å². The zero-order valence-corrected chi connectivity index (χ0v) is 51.5. The van der Waals surface area contributed by atoms with Crippen LogP contribution in [0.25, 0.3) is 122 Å². The Kier molecular flexibility index (Phi) is 12.7. The third-order valence-electron chi connectivity index (χ3n) is 17.2. The van der Waals surface area contributed by atoms with Gasteiger partial charge in [-0.2, -0.15) is 18.2 Å². The molecule has 1 aliphatic rings. The fraction of sp³-hybridized carbons (Fsp3) is 0.154. The molecule has 0 spiro atoms. The van der Waals surface area contributed by atoms with Gasteiger partial charge in [0.15, 0.2) is 0 Å². The Morgan fingerprint density at radius 1 is 0.412 bits per heavy atom. The Morgan fingerprint density at radius 3 is 1.72 bits per heavy atom. The van der Waals surface area contributed by atoms with Gasteiger partial charge in [0, 0.05) is 60.7 Å². The first-order valence-corrected chi connectivity index (χ1v) is 29.2. The molecule has 0 radical (unpaired) electrons. The standard InChI is InChI=1S/C78H63N5O.Pt/c1-76(2,3)50-38-39-79-73(43-50)83-69-34-18-15-28-60(69)62-37-36-56(45-71(62)83)84-55-25-19-24-54(44-55)80-48-81-74-57(49-40-51(77(4,5)6)42-52(41-49)78(7,8)9)30-20-31-63(74)58-26-13-14-27-59(58)65-46-67-61-29-16-17-33-68(61)82(53-22-11-10-12-23-53)72(67)47-66(65)64-32-21-35-70(80)75(64)81;/h10-43,46-47H,1-9H3;/q-2;. The second-order valence-corrected chi connectivity index (χ2v) is 25.7. The molecule has 0 amide bonds. The van der Waals surface area contributed by atoms with E-state index in [0.29, 0.717) is 11.5 Å². The van der Waals surface area contributed by atoms with Crippen molar-refractivity contribution in [2.75, 3.05) is 0 Å². The number of fused-ring (bicyclic) bond motifs is 13. The van der Waals surface area contributed by atoms with Crippen molar-refractivity contribution >= 4 is 54.6 Å². The molecular formula is C78H63N5OPt-2. The van der Waals surface area contributed by atoms with Gasteiger partial charge in [-0.3, -0.25) is 4.57 Å². The molecule has 0 atom stereocenters. The largest absolute Gasteiger partial charge is 0.510 e. The molecule has 0 saturated carbocycles. The van der Waals surface area contributed by atoms with Crippen molar-refractivity contribution < 1.29 is 30.4 Å². The third-order valence-corrected chi connectivity index (χ3v) is 17.2. The summed E-state index contributed by atoms with van der Waals surface area (Å²) >= 11 is 0. The van der Waals surface area contributed by atoms with E-state index >= 15 is 0 Å². The molecule has 0 bridgehead atoms. The van der Waals surface area contributed by atoms with E-state index in [0.717, 1.165) is 100 Å². The number of pyridine rings is 1. The van der Waals surface area contributed by atoms with Gasteiger partial charge in [-0.1, -0.05) is 201 Å². The first-order valence-electron chi connectivity index (χ1n) is 29.2. The number of para-hydroxylation sites is 5. The number of imidazole rings is 1. The molecule has 0 fully saturated rings. The number of benzene rings is 10. The predicted molar refractivity (Wildman–Crippen MR) is 346 cm³/mol. The second-order valence-electron chi connectivity index (χ2n) is 25.7. The Hall–Kier alpha value is -9.09. The van der Waals surface area contributed by atoms with Crippen LogP contribution in [0, 0.1) is 18.5 Å². The van der Waals surface area contributed by atoms with E-state index in [4.69, 9.17) is 9.72 Å². The number of hydrogen-bond donors (Lipinski definition) is 0. The molecule has 85 heavy (non-hydrogen) atoms. The van der Waals surface area contributed by atoms with Crippen LogP contribution in [-0.4, -0.2) is 18.7 Å². The molecule has 1 aliphatic heterocycles. The Morgan fingerprint density at radius 2 is 0.988 bits per heavy atom. The maximum Gasteiger partial charge on any atom is 0.268 e. The van der Waals surface area contributed by atoms with Crippen molar-refractivity contribution in [3.05, 3.63) is 254 Å². The van der Waals surface area contributed by atoms with E-state index in [1.807, 2.05) is 24.4 Å². The number of rotatable bonds is 6. The zero-order valence-electron chi connectivity index (χ0n) is 49.2. The molecule has 0 saturated heterocycles. The van der Waals surface area contributed by atoms with Crippen LogP contribution in [0.3, 0.4) is 0 Å². The summed E-state index contributed by atoms with van der Waals surface area (Å²) in [5.41, 5.74) is 21.9. The molecular weight excluding hydrogens is 1220 g/mol. The van der Waals surface area contributed by atoms with Crippen LogP contribution in [0.15, 0.2) is 219 Å². The SMILES string of the molecule is CC(C)(C)c1cc(-c2cccc3c2-[n+]2[c-]n(-c4[c-]c(Oc5[c-]c6c(cc5)c5ccccc5n6-c5cc(C(C)(C)C)ccn5)ccc4)c4cccc(c42)-c2cc4c(cc2-c2ccccc2-3)c2ccccc2n4-c2ccccc2)cc(C(C)(C)C)c1.[Pt]. The van der Waals surface area contributed by atoms with Gasteiger partial charge < -0.3 is 18.4 Å². The van der Waals surface area contributed by atoms with Crippen LogP contribution in [-0.2, 0) is 37.3 Å². The van der Waals surface area contributed by atoms with Gasteiger partial charge in [0.05, 0.1) is 27.8 Å². The van der Waals surface area contributed by atoms with Crippen molar-refractivity contribution in [2.45, 2.75) is 78.6 Å². The Balaban J connectivity index is 0.00000640. The summed E-state index contributed by atoms with van der Waals surface area (Å²) in [6, 6.07) is 84.8. The minimum atomic E-state index is -0.0971. The van der Waals surface area contributed by atoms with Gasteiger partial charge in [0.2, 0.25) is 0 Å². The summed E-state index contributed by atoms with van der Waals surface area (Å²) in [4.78, 5) is 4.93. The van der Waals surface area contributed by atoms with Gasteiger partial charge in [-0.25, -0.2) is 4.98 Å². The molecule has 7 heteroatoms. The molecule has 418 valence electrons. The van der Waals surface area contributed by atoms with Crippen molar-refractivity contribution in [1.29, 1.82) is 0 Å². The molecule has 4 aromatic heterocycles. The molecule has 10 aromatic carbocycles. The average Bonchev–Trinajstić information content (AvgIpc) is 1.73. The number of ether oxygens (including phenoxy) is 1. The molecule has 6 nitrogen and oxygen atoms in total. The Bertz CT molecular complexity index is 4970. The zero-order chi connectivity index (χ0) is 57.4. The summed E-state index contributed by atoms with van der Waals surface area (Å²) < 4.78 is 16.0. The minimum Gasteiger partial charge on any atom is -0.510 e. The van der Waals surface area contributed by atoms with E-state index in [-0.39, 0.29) is 37.3 Å². The van der Waals surface area contributed by atoms with E-state index in [1.54, 1.807) is 0 Å². The van der Waals surface area contributed by atoms with Crippen LogP contribution in [0.2, 0.25) is 0 Å². The first kappa shape index (κ1) is 53.9. The van der Waals surface area contributed by atoms with Gasteiger partial charge in [-0.05, 0) is 137 Å². The quantitative estimate of drug-likeness (QED) is 0.123. The molecule has 5 heterocycles. The van der Waals surface area contributed by atoms with Crippen molar-refractivity contribution in [3.63, 3.8) is 0 Å². The predicted octanol–water partition coefficient (Wildman–Crippen LogP) is 19.6. The van der Waals surface area contributed by atoms with Gasteiger partial charge in [-0.15, -0.1) is 29.7 Å². The maximum atomic E-state index is 6.88. The smallest absolute Gasteiger partial charge is 0.268 e. The molecule has 0 aliphatic carbocycles. The minimum absolute atomic E-state index is 0. The molecule has 0 N–H and O–H groups in total. The van der Waals surface area contributed by atoms with Crippen molar-refractivity contribution in [2.24, 2.45) is 0 Å². The number of aromatic nitrogens is 5. The van der Waals surface area contributed by atoms with Crippen LogP contribution >= 0.6 is 0 Å². The molecule has 0 unspecified atom stereocenters. The van der Waals surface area contributed by atoms with Crippen molar-refractivity contribution in [1.82, 2.24) is 18.7 Å². The number of nitrogens with zero attached hydrogens (tertiary/aromatic N) is 5. The summed E-state index contributed by atoms with van der Waals surface area (Å²) in [5.74, 6) is 1.98. The van der Waals surface area contributed by atoms with Gasteiger partial charge in [0.25, 0.3) is 6.33 Å². The van der Waals surface area contributed by atoms with E-state index in [1.165, 1.54) is 38.6 Å². The Labute approximate surface area is 511 Å². The fourth-order valence-electron chi connectivity index (χ4n) is 12.8. The monoisotopic (exact) mass is 1280 g/mol. The average molecular weight is 1280 g/mol. The maximum absolute atomic E-state index is 6.88. The molecule has 15 rings (SSSR count). The van der Waals surface area contributed by atoms with E-state index < -0.39 is 0 Å². The summed E-state index contributed by atoms with van der Waals surface area (Å²) in [6.45, 7) is 20.6. The van der Waals surface area contributed by atoms with Crippen LogP contribution in [0.4, 0.5) is 0 Å². The normalized spacial score (nSPS) is 12.4. The topological polar surface area (TPSA) is 40.8 Å².